The van der Waals surface area contributed by atoms with Gasteiger partial charge in [-0.25, -0.2) is 0 Å². The van der Waals surface area contributed by atoms with Crippen molar-refractivity contribution in [3.05, 3.63) is 24.0 Å². The lowest BCUT2D eigenvalue weighted by molar-refractivity contribution is -0.141. The molecule has 4 heteroatoms. The number of nitrogens with zero attached hydrogens (tertiary/aromatic N) is 1. The van der Waals surface area contributed by atoms with Crippen LogP contribution in [0.25, 0.3) is 0 Å². The van der Waals surface area contributed by atoms with Crippen LogP contribution in [0.15, 0.2) is 18.3 Å². The fraction of sp³-hybridized carbons (Fsp3) is 0.333. The molecule has 0 spiro atoms. The van der Waals surface area contributed by atoms with E-state index in [0.717, 1.165) is 0 Å². The Morgan fingerprint density at radius 2 is 2.23 bits per heavy atom. The van der Waals surface area contributed by atoms with E-state index < -0.39 is 0 Å². The van der Waals surface area contributed by atoms with Crippen LogP contribution < -0.4 is 0 Å². The maximum atomic E-state index is 11.0. The Balaban J connectivity index is 2.82. The van der Waals surface area contributed by atoms with Crippen molar-refractivity contribution >= 4 is 11.8 Å². The van der Waals surface area contributed by atoms with Gasteiger partial charge in [0.15, 0.2) is 5.78 Å². The van der Waals surface area contributed by atoms with Crippen LogP contribution in [0.3, 0.4) is 0 Å². The first-order chi connectivity index (χ1) is 6.15. The Bertz CT molecular complexity index is 327. The Labute approximate surface area is 76.1 Å². The van der Waals surface area contributed by atoms with Gasteiger partial charge < -0.3 is 9.30 Å². The van der Waals surface area contributed by atoms with Gasteiger partial charge in [-0.3, -0.25) is 9.59 Å². The number of methoxy groups -OCH3 is 1. The van der Waals surface area contributed by atoms with Crippen molar-refractivity contribution in [2.45, 2.75) is 13.5 Å². The molecule has 70 valence electrons. The maximum absolute atomic E-state index is 11.0. The van der Waals surface area contributed by atoms with Crippen LogP contribution >= 0.6 is 0 Å². The molecular formula is C9H11NO3. The fourth-order valence-electron chi connectivity index (χ4n) is 1.08. The van der Waals surface area contributed by atoms with Gasteiger partial charge in [-0.15, -0.1) is 0 Å². The third kappa shape index (κ3) is 2.18. The fourth-order valence-corrected chi connectivity index (χ4v) is 1.08. The van der Waals surface area contributed by atoms with Crippen LogP contribution in [0.5, 0.6) is 0 Å². The number of hydrogen-bond donors (Lipinski definition) is 0. The number of aromatic nitrogens is 1. The Morgan fingerprint density at radius 1 is 1.54 bits per heavy atom. The van der Waals surface area contributed by atoms with E-state index in [2.05, 4.69) is 4.74 Å². The summed E-state index contributed by atoms with van der Waals surface area (Å²) in [5.41, 5.74) is 0.519. The number of hydrogen-bond acceptors (Lipinski definition) is 3. The highest BCUT2D eigenvalue weighted by Gasteiger charge is 2.08. The smallest absolute Gasteiger partial charge is 0.325 e. The average molecular weight is 181 g/mol. The molecule has 4 nitrogen and oxygen atoms in total. The number of esters is 1. The highest BCUT2D eigenvalue weighted by Crippen LogP contribution is 2.03. The summed E-state index contributed by atoms with van der Waals surface area (Å²) in [5.74, 6) is -0.424. The number of carbonyl (C=O) groups excluding carboxylic acids is 2. The van der Waals surface area contributed by atoms with Crippen LogP contribution in [-0.4, -0.2) is 23.4 Å². The van der Waals surface area contributed by atoms with Gasteiger partial charge >= 0.3 is 5.97 Å². The van der Waals surface area contributed by atoms with Crippen molar-refractivity contribution in [1.29, 1.82) is 0 Å². The highest BCUT2D eigenvalue weighted by atomic mass is 16.5. The number of Topliss-reactive ketones (excluding diaryl/α,β-unsaturated/α-hetero) is 1. The number of ketones is 1. The maximum Gasteiger partial charge on any atom is 0.325 e. The number of ether oxygens (including phenoxy) is 1. The molecule has 0 unspecified atom stereocenters. The molecule has 0 fully saturated rings. The summed E-state index contributed by atoms with van der Waals surface area (Å²) in [4.78, 5) is 21.9. The highest BCUT2D eigenvalue weighted by molar-refractivity contribution is 5.92. The second kappa shape index (κ2) is 3.89. The molecule has 0 amide bonds. The van der Waals surface area contributed by atoms with E-state index in [1.165, 1.54) is 14.0 Å². The minimum absolute atomic E-state index is 0.0612. The predicted molar refractivity (Wildman–Crippen MR) is 46.5 cm³/mol. The normalized spacial score (nSPS) is 9.69. The third-order valence-corrected chi connectivity index (χ3v) is 1.72. The summed E-state index contributed by atoms with van der Waals surface area (Å²) in [6, 6.07) is 3.39. The molecule has 0 aliphatic heterocycles. The molecule has 13 heavy (non-hydrogen) atoms. The summed E-state index contributed by atoms with van der Waals surface area (Å²) in [7, 11) is 1.32. The summed E-state index contributed by atoms with van der Waals surface area (Å²) in [6.45, 7) is 1.54. The van der Waals surface area contributed by atoms with E-state index in [-0.39, 0.29) is 18.3 Å². The van der Waals surface area contributed by atoms with Gasteiger partial charge in [0.05, 0.1) is 12.8 Å². The lowest BCUT2D eigenvalue weighted by Gasteiger charge is -2.04. The van der Waals surface area contributed by atoms with Crippen molar-refractivity contribution < 1.29 is 14.3 Å². The summed E-state index contributed by atoms with van der Waals surface area (Å²) >= 11 is 0. The molecule has 0 saturated heterocycles. The quantitative estimate of drug-likeness (QED) is 0.513. The molecule has 0 aromatic carbocycles. The van der Waals surface area contributed by atoms with Crippen LogP contribution in [0.1, 0.15) is 17.4 Å². The first-order valence-corrected chi connectivity index (χ1v) is 3.88. The molecular weight excluding hydrogens is 170 g/mol. The zero-order valence-electron chi connectivity index (χ0n) is 7.61. The Hall–Kier alpha value is -1.58. The topological polar surface area (TPSA) is 48.3 Å². The molecule has 1 aromatic heterocycles. The summed E-state index contributed by atoms with van der Waals surface area (Å²) < 4.78 is 6.05. The molecule has 1 rings (SSSR count). The predicted octanol–water partition coefficient (Wildman–Crippen LogP) is 0.864. The van der Waals surface area contributed by atoms with Crippen LogP contribution in [-0.2, 0) is 16.1 Å². The molecule has 0 bridgehead atoms. The van der Waals surface area contributed by atoms with E-state index in [4.69, 9.17) is 0 Å². The monoisotopic (exact) mass is 181 g/mol. The SMILES string of the molecule is COC(=O)Cn1cccc1C(C)=O. The largest absolute Gasteiger partial charge is 0.468 e. The molecule has 0 atom stereocenters. The van der Waals surface area contributed by atoms with Gasteiger partial charge in [0.1, 0.15) is 6.54 Å². The summed E-state index contributed by atoms with van der Waals surface area (Å²) in [5, 5.41) is 0. The molecule has 1 heterocycles. The van der Waals surface area contributed by atoms with Crippen molar-refractivity contribution in [3.63, 3.8) is 0 Å². The molecule has 0 N–H and O–H groups in total. The minimum Gasteiger partial charge on any atom is -0.468 e. The number of carbonyl (C=O) groups is 2. The Morgan fingerprint density at radius 3 is 2.77 bits per heavy atom. The van der Waals surface area contributed by atoms with Crippen LogP contribution in [0.2, 0.25) is 0 Å². The van der Waals surface area contributed by atoms with E-state index in [0.29, 0.717) is 5.69 Å². The van der Waals surface area contributed by atoms with Gasteiger partial charge in [0, 0.05) is 13.1 Å². The molecule has 0 aliphatic carbocycles. The van der Waals surface area contributed by atoms with E-state index >= 15 is 0 Å². The van der Waals surface area contributed by atoms with Crippen molar-refractivity contribution in [3.8, 4) is 0 Å². The van der Waals surface area contributed by atoms with Gasteiger partial charge in [-0.05, 0) is 12.1 Å². The van der Waals surface area contributed by atoms with E-state index in [1.54, 1.807) is 22.9 Å². The number of rotatable bonds is 3. The molecule has 0 radical (unpaired) electrons. The lowest BCUT2D eigenvalue weighted by atomic mass is 10.3. The zero-order chi connectivity index (χ0) is 9.84. The van der Waals surface area contributed by atoms with Crippen molar-refractivity contribution in [1.82, 2.24) is 4.57 Å². The van der Waals surface area contributed by atoms with Gasteiger partial charge in [-0.2, -0.15) is 0 Å². The second-order valence-corrected chi connectivity index (χ2v) is 2.65. The molecule has 0 saturated carbocycles. The van der Waals surface area contributed by atoms with Crippen LogP contribution in [0.4, 0.5) is 0 Å². The Kier molecular flexibility index (Phi) is 2.84. The van der Waals surface area contributed by atoms with E-state index in [9.17, 15) is 9.59 Å². The third-order valence-electron chi connectivity index (χ3n) is 1.72. The van der Waals surface area contributed by atoms with Crippen molar-refractivity contribution in [2.24, 2.45) is 0 Å². The van der Waals surface area contributed by atoms with Crippen LogP contribution in [0, 0.1) is 0 Å². The van der Waals surface area contributed by atoms with Gasteiger partial charge in [-0.1, -0.05) is 0 Å². The zero-order valence-corrected chi connectivity index (χ0v) is 7.61. The molecule has 1 aromatic rings. The summed E-state index contributed by atoms with van der Waals surface area (Å²) in [6.07, 6.45) is 1.67. The van der Waals surface area contributed by atoms with E-state index in [1.807, 2.05) is 0 Å². The van der Waals surface area contributed by atoms with Gasteiger partial charge in [0.25, 0.3) is 0 Å². The van der Waals surface area contributed by atoms with Crippen molar-refractivity contribution in [2.75, 3.05) is 7.11 Å². The minimum atomic E-state index is -0.362. The standard InChI is InChI=1S/C9H11NO3/c1-7(11)8-4-3-5-10(8)6-9(12)13-2/h3-5H,6H2,1-2H3. The first kappa shape index (κ1) is 9.51. The first-order valence-electron chi connectivity index (χ1n) is 3.88. The average Bonchev–Trinajstić information content (AvgIpc) is 2.52. The molecule has 0 aliphatic rings. The second-order valence-electron chi connectivity index (χ2n) is 2.65. The lowest BCUT2D eigenvalue weighted by Crippen LogP contribution is -2.14. The van der Waals surface area contributed by atoms with Gasteiger partial charge in [0.2, 0.25) is 0 Å².